The third-order valence-electron chi connectivity index (χ3n) is 6.23. The maximum atomic E-state index is 12.1. The molecule has 0 bridgehead atoms. The SMILES string of the molecule is Cc1cc(OCCCc2c(C(=O)O)[nH]c3c(-c4c(CO)nn(C)c4C)cccc23)cc(C)c1Cl. The second-order valence-corrected chi connectivity index (χ2v) is 8.90. The zero-order chi connectivity index (χ0) is 24.6. The van der Waals surface area contributed by atoms with Crippen molar-refractivity contribution in [3.05, 3.63) is 69.1 Å². The summed E-state index contributed by atoms with van der Waals surface area (Å²) in [5.41, 5.74) is 6.65. The molecule has 8 heteroatoms. The molecule has 0 fully saturated rings. The summed E-state index contributed by atoms with van der Waals surface area (Å²) in [7, 11) is 1.82. The largest absolute Gasteiger partial charge is 0.494 e. The predicted molar refractivity (Wildman–Crippen MR) is 133 cm³/mol. The Morgan fingerprint density at radius 2 is 1.91 bits per heavy atom. The number of aromatic carboxylic acids is 1. The Balaban J connectivity index is 1.64. The summed E-state index contributed by atoms with van der Waals surface area (Å²) >= 11 is 6.23. The number of H-pyrrole nitrogens is 1. The summed E-state index contributed by atoms with van der Waals surface area (Å²) in [6, 6.07) is 9.57. The first-order valence-electron chi connectivity index (χ1n) is 11.1. The van der Waals surface area contributed by atoms with E-state index in [-0.39, 0.29) is 12.3 Å². The normalized spacial score (nSPS) is 11.4. The number of aliphatic hydroxyl groups is 1. The lowest BCUT2D eigenvalue weighted by atomic mass is 9.98. The molecule has 0 aliphatic rings. The van der Waals surface area contributed by atoms with Crippen molar-refractivity contribution in [3.63, 3.8) is 0 Å². The fourth-order valence-corrected chi connectivity index (χ4v) is 4.60. The maximum Gasteiger partial charge on any atom is 0.352 e. The third kappa shape index (κ3) is 4.29. The molecule has 3 N–H and O–H groups in total. The van der Waals surface area contributed by atoms with Crippen LogP contribution in [-0.4, -0.2) is 37.6 Å². The first kappa shape index (κ1) is 23.9. The second-order valence-electron chi connectivity index (χ2n) is 8.52. The van der Waals surface area contributed by atoms with Gasteiger partial charge in [0.05, 0.1) is 24.4 Å². The number of ether oxygens (including phenoxy) is 1. The van der Waals surface area contributed by atoms with Gasteiger partial charge in [0.15, 0.2) is 0 Å². The molecule has 0 aliphatic heterocycles. The van der Waals surface area contributed by atoms with E-state index in [1.165, 1.54) is 0 Å². The van der Waals surface area contributed by atoms with Gasteiger partial charge in [0.1, 0.15) is 11.4 Å². The Hall–Kier alpha value is -3.29. The summed E-state index contributed by atoms with van der Waals surface area (Å²) in [6.45, 7) is 6.06. The zero-order valence-corrected chi connectivity index (χ0v) is 20.5. The molecule has 0 saturated heterocycles. The molecular weight excluding hydrogens is 454 g/mol. The van der Waals surface area contributed by atoms with E-state index in [4.69, 9.17) is 16.3 Å². The Morgan fingerprint density at radius 3 is 2.56 bits per heavy atom. The Bertz CT molecular complexity index is 1360. The van der Waals surface area contributed by atoms with Gasteiger partial charge >= 0.3 is 5.97 Å². The molecule has 2 aromatic heterocycles. The van der Waals surface area contributed by atoms with Crippen molar-refractivity contribution in [3.8, 4) is 16.9 Å². The molecule has 0 amide bonds. The van der Waals surface area contributed by atoms with E-state index in [2.05, 4.69) is 10.1 Å². The van der Waals surface area contributed by atoms with Crippen LogP contribution in [0.25, 0.3) is 22.0 Å². The monoisotopic (exact) mass is 481 g/mol. The number of aromatic amines is 1. The molecule has 7 nitrogen and oxygen atoms in total. The minimum atomic E-state index is -1.01. The first-order valence-corrected chi connectivity index (χ1v) is 11.5. The minimum Gasteiger partial charge on any atom is -0.494 e. The van der Waals surface area contributed by atoms with E-state index in [1.54, 1.807) is 4.68 Å². The average molecular weight is 482 g/mol. The quantitative estimate of drug-likeness (QED) is 0.294. The molecule has 4 aromatic rings. The van der Waals surface area contributed by atoms with Gasteiger partial charge in [0.2, 0.25) is 0 Å². The standard InChI is InChI=1S/C26H28ClN3O4/c1-14-11-17(12-15(2)23(14)27)34-10-6-9-19-18-7-5-8-20(24(18)28-25(19)26(32)33)22-16(3)30(4)29-21(22)13-31/h5,7-8,11-12,28,31H,6,9-10,13H2,1-4H3,(H,32,33). The molecule has 0 aliphatic carbocycles. The molecule has 0 radical (unpaired) electrons. The number of carbonyl (C=O) groups is 1. The minimum absolute atomic E-state index is 0.174. The number of rotatable bonds is 8. The van der Waals surface area contributed by atoms with Crippen molar-refractivity contribution in [2.45, 2.75) is 40.2 Å². The van der Waals surface area contributed by atoms with Crippen molar-refractivity contribution >= 4 is 28.5 Å². The molecule has 34 heavy (non-hydrogen) atoms. The van der Waals surface area contributed by atoms with E-state index in [9.17, 15) is 15.0 Å². The number of hydrogen-bond acceptors (Lipinski definition) is 4. The number of carboxylic acid groups (broad SMARTS) is 1. The Morgan fingerprint density at radius 1 is 1.21 bits per heavy atom. The van der Waals surface area contributed by atoms with Gasteiger partial charge < -0.3 is 19.9 Å². The molecule has 178 valence electrons. The number of hydrogen-bond donors (Lipinski definition) is 3. The van der Waals surface area contributed by atoms with Gasteiger partial charge in [-0.3, -0.25) is 4.68 Å². The van der Waals surface area contributed by atoms with E-state index < -0.39 is 5.97 Å². The summed E-state index contributed by atoms with van der Waals surface area (Å²) < 4.78 is 7.64. The zero-order valence-electron chi connectivity index (χ0n) is 19.7. The van der Waals surface area contributed by atoms with Crippen LogP contribution in [0, 0.1) is 20.8 Å². The number of aromatic nitrogens is 3. The maximum absolute atomic E-state index is 12.1. The summed E-state index contributed by atoms with van der Waals surface area (Å²) in [4.78, 5) is 15.2. The molecule has 4 rings (SSSR count). The predicted octanol–water partition coefficient (Wildman–Crippen LogP) is 5.35. The average Bonchev–Trinajstić information content (AvgIpc) is 3.32. The highest BCUT2D eigenvalue weighted by atomic mass is 35.5. The van der Waals surface area contributed by atoms with Crippen LogP contribution in [0.15, 0.2) is 30.3 Å². The Kier molecular flexibility index (Phi) is 6.68. The lowest BCUT2D eigenvalue weighted by Crippen LogP contribution is -2.04. The second kappa shape index (κ2) is 9.52. The Labute approximate surface area is 202 Å². The molecule has 2 heterocycles. The molecule has 0 spiro atoms. The highest BCUT2D eigenvalue weighted by Crippen LogP contribution is 2.36. The number of nitrogens with zero attached hydrogens (tertiary/aromatic N) is 2. The third-order valence-corrected chi connectivity index (χ3v) is 6.83. The van der Waals surface area contributed by atoms with E-state index in [0.29, 0.717) is 25.1 Å². The van der Waals surface area contributed by atoms with E-state index in [0.717, 1.165) is 55.2 Å². The van der Waals surface area contributed by atoms with Crippen LogP contribution in [0.3, 0.4) is 0 Å². The van der Waals surface area contributed by atoms with Crippen LogP contribution in [0.1, 0.15) is 45.0 Å². The fourth-order valence-electron chi connectivity index (χ4n) is 4.49. The van der Waals surface area contributed by atoms with Crippen LogP contribution < -0.4 is 4.74 Å². The summed E-state index contributed by atoms with van der Waals surface area (Å²) in [5, 5.41) is 25.7. The van der Waals surface area contributed by atoms with Crippen molar-refractivity contribution in [1.82, 2.24) is 14.8 Å². The van der Waals surface area contributed by atoms with E-state index in [1.807, 2.05) is 58.2 Å². The smallest absolute Gasteiger partial charge is 0.352 e. The molecular formula is C26H28ClN3O4. The van der Waals surface area contributed by atoms with Crippen molar-refractivity contribution in [2.24, 2.45) is 7.05 Å². The van der Waals surface area contributed by atoms with Crippen molar-refractivity contribution < 1.29 is 19.7 Å². The lowest BCUT2D eigenvalue weighted by Gasteiger charge is -2.10. The number of aryl methyl sites for hydroxylation is 4. The van der Waals surface area contributed by atoms with Crippen LogP contribution in [0.4, 0.5) is 0 Å². The van der Waals surface area contributed by atoms with Crippen LogP contribution in [0.2, 0.25) is 5.02 Å². The van der Waals surface area contributed by atoms with Crippen molar-refractivity contribution in [1.29, 1.82) is 0 Å². The highest BCUT2D eigenvalue weighted by molar-refractivity contribution is 6.32. The number of fused-ring (bicyclic) bond motifs is 1. The highest BCUT2D eigenvalue weighted by Gasteiger charge is 2.22. The molecule has 0 unspecified atom stereocenters. The molecule has 0 saturated carbocycles. The number of aliphatic hydroxyl groups excluding tert-OH is 1. The summed E-state index contributed by atoms with van der Waals surface area (Å²) in [5.74, 6) is -0.255. The lowest BCUT2D eigenvalue weighted by molar-refractivity contribution is 0.0690. The van der Waals surface area contributed by atoms with E-state index >= 15 is 0 Å². The number of para-hydroxylation sites is 1. The fraction of sp³-hybridized carbons (Fsp3) is 0.308. The number of carboxylic acids is 1. The van der Waals surface area contributed by atoms with Gasteiger partial charge in [-0.05, 0) is 62.4 Å². The first-order chi connectivity index (χ1) is 16.2. The van der Waals surface area contributed by atoms with Gasteiger partial charge in [-0.15, -0.1) is 0 Å². The van der Waals surface area contributed by atoms with Crippen LogP contribution in [0.5, 0.6) is 5.75 Å². The summed E-state index contributed by atoms with van der Waals surface area (Å²) in [6.07, 6.45) is 1.18. The van der Waals surface area contributed by atoms with Crippen molar-refractivity contribution in [2.75, 3.05) is 6.61 Å². The van der Waals surface area contributed by atoms with Gasteiger partial charge in [0, 0.05) is 34.3 Å². The van der Waals surface area contributed by atoms with Crippen LogP contribution >= 0.6 is 11.6 Å². The number of benzene rings is 2. The van der Waals surface area contributed by atoms with Gasteiger partial charge in [-0.2, -0.15) is 5.10 Å². The topological polar surface area (TPSA) is 100 Å². The van der Waals surface area contributed by atoms with Gasteiger partial charge in [-0.25, -0.2) is 4.79 Å². The molecule has 2 aromatic carbocycles. The van der Waals surface area contributed by atoms with Crippen LogP contribution in [-0.2, 0) is 20.1 Å². The number of halogens is 1. The number of nitrogens with one attached hydrogen (secondary N) is 1. The molecule has 0 atom stereocenters. The van der Waals surface area contributed by atoms with Gasteiger partial charge in [0.25, 0.3) is 0 Å². The van der Waals surface area contributed by atoms with Gasteiger partial charge in [-0.1, -0.05) is 29.8 Å².